The predicted molar refractivity (Wildman–Crippen MR) is 70.1 cm³/mol. The first-order valence-electron chi connectivity index (χ1n) is 5.87. The molecule has 0 saturated heterocycles. The van der Waals surface area contributed by atoms with Crippen LogP contribution in [0, 0.1) is 6.92 Å². The molecule has 5 heteroatoms. The first-order chi connectivity index (χ1) is 8.70. The Bertz CT molecular complexity index is 711. The van der Waals surface area contributed by atoms with Gasteiger partial charge in [-0.25, -0.2) is 9.97 Å². The summed E-state index contributed by atoms with van der Waals surface area (Å²) in [6, 6.07) is 5.71. The van der Waals surface area contributed by atoms with Gasteiger partial charge in [0.05, 0.1) is 16.7 Å². The second-order valence-corrected chi connectivity index (χ2v) is 4.19. The van der Waals surface area contributed by atoms with Gasteiger partial charge in [0.2, 0.25) is 0 Å². The third kappa shape index (κ3) is 1.48. The summed E-state index contributed by atoms with van der Waals surface area (Å²) in [6.07, 6.45) is 1.44. The highest BCUT2D eigenvalue weighted by atomic mass is 16.3. The Labute approximate surface area is 104 Å². The van der Waals surface area contributed by atoms with E-state index >= 15 is 0 Å². The van der Waals surface area contributed by atoms with E-state index in [4.69, 9.17) is 10.2 Å². The number of benzene rings is 1. The van der Waals surface area contributed by atoms with E-state index in [0.29, 0.717) is 5.76 Å². The van der Waals surface area contributed by atoms with Gasteiger partial charge in [-0.1, -0.05) is 0 Å². The minimum atomic E-state index is 0.714. The molecular formula is C13H14N4O. The van der Waals surface area contributed by atoms with Crippen molar-refractivity contribution in [1.29, 1.82) is 0 Å². The number of nitrogens with two attached hydrogens (primary N) is 1. The summed E-state index contributed by atoms with van der Waals surface area (Å²) >= 11 is 0. The molecule has 1 aromatic carbocycles. The minimum absolute atomic E-state index is 0.714. The summed E-state index contributed by atoms with van der Waals surface area (Å²) in [4.78, 5) is 8.71. The fourth-order valence-electron chi connectivity index (χ4n) is 2.15. The molecule has 0 amide bonds. The number of anilines is 1. The lowest BCUT2D eigenvalue weighted by Gasteiger charge is -2.04. The van der Waals surface area contributed by atoms with Gasteiger partial charge in [-0.2, -0.15) is 0 Å². The highest BCUT2D eigenvalue weighted by Gasteiger charge is 2.16. The predicted octanol–water partition coefficient (Wildman–Crippen LogP) is 2.60. The normalized spacial score (nSPS) is 11.2. The van der Waals surface area contributed by atoms with Crippen LogP contribution in [0.3, 0.4) is 0 Å². The van der Waals surface area contributed by atoms with Gasteiger partial charge in [0.15, 0.2) is 18.0 Å². The smallest absolute Gasteiger partial charge is 0.192 e. The van der Waals surface area contributed by atoms with Gasteiger partial charge in [0.1, 0.15) is 0 Å². The molecule has 0 aliphatic rings. The lowest BCUT2D eigenvalue weighted by atomic mass is 10.3. The molecule has 0 unspecified atom stereocenters. The van der Waals surface area contributed by atoms with Crippen molar-refractivity contribution in [3.05, 3.63) is 30.3 Å². The maximum Gasteiger partial charge on any atom is 0.192 e. The molecule has 3 aromatic rings. The quantitative estimate of drug-likeness (QED) is 0.701. The van der Waals surface area contributed by atoms with Gasteiger partial charge in [0, 0.05) is 12.2 Å². The zero-order chi connectivity index (χ0) is 12.7. The monoisotopic (exact) mass is 242 g/mol. The largest absolute Gasteiger partial charge is 0.440 e. The Morgan fingerprint density at radius 3 is 2.89 bits per heavy atom. The fourth-order valence-corrected chi connectivity index (χ4v) is 2.15. The minimum Gasteiger partial charge on any atom is -0.440 e. The molecule has 0 fully saturated rings. The van der Waals surface area contributed by atoms with Gasteiger partial charge in [-0.3, -0.25) is 0 Å². The Kier molecular flexibility index (Phi) is 2.33. The molecule has 0 radical (unpaired) electrons. The van der Waals surface area contributed by atoms with Crippen LogP contribution in [0.15, 0.2) is 29.0 Å². The van der Waals surface area contributed by atoms with Crippen molar-refractivity contribution < 1.29 is 4.42 Å². The molecule has 92 valence electrons. The van der Waals surface area contributed by atoms with Crippen LogP contribution in [0.4, 0.5) is 5.69 Å². The molecule has 0 atom stereocenters. The van der Waals surface area contributed by atoms with Crippen molar-refractivity contribution in [2.45, 2.75) is 20.4 Å². The van der Waals surface area contributed by atoms with E-state index in [1.54, 1.807) is 0 Å². The zero-order valence-corrected chi connectivity index (χ0v) is 10.3. The maximum absolute atomic E-state index is 5.83. The summed E-state index contributed by atoms with van der Waals surface area (Å²) in [5.41, 5.74) is 9.33. The molecular weight excluding hydrogens is 228 g/mol. The first-order valence-corrected chi connectivity index (χ1v) is 5.87. The van der Waals surface area contributed by atoms with Crippen LogP contribution < -0.4 is 5.73 Å². The second kappa shape index (κ2) is 3.87. The van der Waals surface area contributed by atoms with E-state index in [1.807, 2.05) is 25.1 Å². The average Bonchev–Trinajstić information content (AvgIpc) is 2.91. The Morgan fingerprint density at radius 2 is 2.22 bits per heavy atom. The highest BCUT2D eigenvalue weighted by Crippen LogP contribution is 2.27. The number of aryl methyl sites for hydroxylation is 2. The molecule has 5 nitrogen and oxygen atoms in total. The topological polar surface area (TPSA) is 69.9 Å². The van der Waals surface area contributed by atoms with Crippen LogP contribution in [0.25, 0.3) is 22.6 Å². The SMILES string of the molecule is CCn1c(-c2ocnc2C)nc2ccc(N)cc21. The van der Waals surface area contributed by atoms with Gasteiger partial charge in [-0.05, 0) is 32.0 Å². The number of nitrogen functional groups attached to an aromatic ring is 1. The van der Waals surface area contributed by atoms with E-state index in [2.05, 4.69) is 21.5 Å². The lowest BCUT2D eigenvalue weighted by molar-refractivity contribution is 0.561. The zero-order valence-electron chi connectivity index (χ0n) is 10.3. The van der Waals surface area contributed by atoms with Gasteiger partial charge in [-0.15, -0.1) is 0 Å². The number of hydrogen-bond acceptors (Lipinski definition) is 4. The first kappa shape index (κ1) is 10.8. The molecule has 0 saturated carbocycles. The maximum atomic E-state index is 5.83. The van der Waals surface area contributed by atoms with Gasteiger partial charge >= 0.3 is 0 Å². The van der Waals surface area contributed by atoms with Crippen LogP contribution in [-0.2, 0) is 6.54 Å². The Balaban J connectivity index is 2.33. The molecule has 3 rings (SSSR count). The fraction of sp³-hybridized carbons (Fsp3) is 0.231. The standard InChI is InChI=1S/C13H14N4O/c1-3-17-11-6-9(14)4-5-10(11)16-13(17)12-8(2)15-7-18-12/h4-7H,3,14H2,1-2H3. The average molecular weight is 242 g/mol. The second-order valence-electron chi connectivity index (χ2n) is 4.19. The van der Waals surface area contributed by atoms with Crippen LogP contribution in [0.2, 0.25) is 0 Å². The number of nitrogens with zero attached hydrogens (tertiary/aromatic N) is 3. The third-order valence-corrected chi connectivity index (χ3v) is 3.04. The molecule has 0 aliphatic heterocycles. The molecule has 0 aliphatic carbocycles. The molecule has 2 heterocycles. The number of aromatic nitrogens is 3. The van der Waals surface area contributed by atoms with Gasteiger partial charge in [0.25, 0.3) is 0 Å². The van der Waals surface area contributed by atoms with E-state index in [9.17, 15) is 0 Å². The van der Waals surface area contributed by atoms with Crippen LogP contribution >= 0.6 is 0 Å². The van der Waals surface area contributed by atoms with Gasteiger partial charge < -0.3 is 14.7 Å². The van der Waals surface area contributed by atoms with Crippen LogP contribution in [0.1, 0.15) is 12.6 Å². The van der Waals surface area contributed by atoms with E-state index in [0.717, 1.165) is 34.8 Å². The highest BCUT2D eigenvalue weighted by molar-refractivity contribution is 5.82. The van der Waals surface area contributed by atoms with E-state index < -0.39 is 0 Å². The summed E-state index contributed by atoms with van der Waals surface area (Å²) < 4.78 is 7.51. The summed E-state index contributed by atoms with van der Waals surface area (Å²) in [7, 11) is 0. The summed E-state index contributed by atoms with van der Waals surface area (Å²) in [5, 5.41) is 0. The summed E-state index contributed by atoms with van der Waals surface area (Å²) in [5.74, 6) is 1.51. The van der Waals surface area contributed by atoms with Crippen molar-refractivity contribution in [3.63, 3.8) is 0 Å². The third-order valence-electron chi connectivity index (χ3n) is 3.04. The molecule has 18 heavy (non-hydrogen) atoms. The lowest BCUT2D eigenvalue weighted by Crippen LogP contribution is -1.98. The number of rotatable bonds is 2. The van der Waals surface area contributed by atoms with Crippen molar-refractivity contribution in [2.24, 2.45) is 0 Å². The van der Waals surface area contributed by atoms with Crippen molar-refractivity contribution in [3.8, 4) is 11.6 Å². The van der Waals surface area contributed by atoms with Crippen molar-refractivity contribution in [2.75, 3.05) is 5.73 Å². The Morgan fingerprint density at radius 1 is 1.39 bits per heavy atom. The van der Waals surface area contributed by atoms with E-state index in [-0.39, 0.29) is 0 Å². The molecule has 0 bridgehead atoms. The Hall–Kier alpha value is -2.30. The molecule has 2 aromatic heterocycles. The van der Waals surface area contributed by atoms with Crippen LogP contribution in [-0.4, -0.2) is 14.5 Å². The molecule has 0 spiro atoms. The summed E-state index contributed by atoms with van der Waals surface area (Å²) in [6.45, 7) is 4.78. The number of oxazole rings is 1. The van der Waals surface area contributed by atoms with Crippen molar-refractivity contribution >= 4 is 16.7 Å². The van der Waals surface area contributed by atoms with Crippen LogP contribution in [0.5, 0.6) is 0 Å². The van der Waals surface area contributed by atoms with Crippen molar-refractivity contribution in [1.82, 2.24) is 14.5 Å². The van der Waals surface area contributed by atoms with E-state index in [1.165, 1.54) is 6.39 Å². The number of imidazole rings is 1. The number of fused-ring (bicyclic) bond motifs is 1. The molecule has 2 N–H and O–H groups in total. The number of hydrogen-bond donors (Lipinski definition) is 1.